The summed E-state index contributed by atoms with van der Waals surface area (Å²) < 4.78 is 0. The maximum Gasteiger partial charge on any atom is 0.287 e. The number of benzene rings is 1. The maximum absolute atomic E-state index is 10.8. The van der Waals surface area contributed by atoms with Crippen molar-refractivity contribution in [1.29, 1.82) is 0 Å². The van der Waals surface area contributed by atoms with E-state index < -0.39 is 4.92 Å². The minimum atomic E-state index is -0.473. The van der Waals surface area contributed by atoms with E-state index >= 15 is 0 Å². The zero-order chi connectivity index (χ0) is 25.6. The van der Waals surface area contributed by atoms with E-state index in [4.69, 9.17) is 4.98 Å². The molecule has 37 heavy (non-hydrogen) atoms. The number of imidazole rings is 1. The molecule has 1 fully saturated rings. The number of piperazine rings is 1. The number of hydrogen-bond donors (Lipinski definition) is 3. The average Bonchev–Trinajstić information content (AvgIpc) is 3.47. The third-order valence-electron chi connectivity index (χ3n) is 6.22. The van der Waals surface area contributed by atoms with Crippen molar-refractivity contribution >= 4 is 23.1 Å². The van der Waals surface area contributed by atoms with Crippen LogP contribution in [0, 0.1) is 10.1 Å². The van der Waals surface area contributed by atoms with Gasteiger partial charge in [0.1, 0.15) is 17.8 Å². The number of likely N-dealkylation sites (N-methyl/N-ethyl adjacent to an activating group) is 1. The fourth-order valence-electron chi connectivity index (χ4n) is 4.13. The highest BCUT2D eigenvalue weighted by Gasteiger charge is 2.17. The van der Waals surface area contributed by atoms with Gasteiger partial charge < -0.3 is 25.4 Å². The van der Waals surface area contributed by atoms with Crippen LogP contribution in [0.2, 0.25) is 0 Å². The van der Waals surface area contributed by atoms with E-state index in [9.17, 15) is 10.1 Å². The van der Waals surface area contributed by atoms with Gasteiger partial charge in [0.15, 0.2) is 0 Å². The molecule has 0 amide bonds. The third kappa shape index (κ3) is 5.81. The lowest BCUT2D eigenvalue weighted by molar-refractivity contribution is -0.385. The molecule has 5 rings (SSSR count). The van der Waals surface area contributed by atoms with Gasteiger partial charge in [0.05, 0.1) is 16.2 Å². The number of nitro groups is 1. The third-order valence-corrected chi connectivity index (χ3v) is 6.22. The molecular weight excluding hydrogens is 472 g/mol. The van der Waals surface area contributed by atoms with Crippen LogP contribution in [0.25, 0.3) is 22.6 Å². The number of nitrogens with zero attached hydrogens (tertiary/aromatic N) is 7. The quantitative estimate of drug-likeness (QED) is 0.178. The first-order valence-corrected chi connectivity index (χ1v) is 12.1. The first kappa shape index (κ1) is 24.1. The summed E-state index contributed by atoms with van der Waals surface area (Å²) in [6.45, 7) is 5.20. The van der Waals surface area contributed by atoms with Crippen LogP contribution in [-0.4, -0.2) is 81.1 Å². The van der Waals surface area contributed by atoms with Gasteiger partial charge >= 0.3 is 0 Å². The molecule has 0 atom stereocenters. The van der Waals surface area contributed by atoms with Gasteiger partial charge in [-0.2, -0.15) is 0 Å². The lowest BCUT2D eigenvalue weighted by Crippen LogP contribution is -2.44. The number of pyridine rings is 1. The summed E-state index contributed by atoms with van der Waals surface area (Å²) in [4.78, 5) is 35.9. The summed E-state index contributed by atoms with van der Waals surface area (Å²) in [6.07, 6.45) is 6.48. The highest BCUT2D eigenvalue weighted by atomic mass is 16.6. The Labute approximate surface area is 214 Å². The van der Waals surface area contributed by atoms with Crippen molar-refractivity contribution < 1.29 is 4.92 Å². The molecule has 0 saturated carbocycles. The number of aromatic nitrogens is 5. The van der Waals surface area contributed by atoms with E-state index in [0.29, 0.717) is 30.7 Å². The fourth-order valence-corrected chi connectivity index (χ4v) is 4.13. The Bertz CT molecular complexity index is 1320. The highest BCUT2D eigenvalue weighted by molar-refractivity contribution is 5.78. The second kappa shape index (κ2) is 11.0. The van der Waals surface area contributed by atoms with Crippen LogP contribution in [-0.2, 0) is 0 Å². The normalized spacial score (nSPS) is 13.9. The first-order valence-electron chi connectivity index (χ1n) is 12.1. The number of H-pyrrole nitrogens is 1. The monoisotopic (exact) mass is 500 g/mol. The molecule has 190 valence electrons. The molecule has 3 aromatic heterocycles. The second-order valence-corrected chi connectivity index (χ2v) is 8.74. The number of anilines is 3. The summed E-state index contributed by atoms with van der Waals surface area (Å²) in [7, 11) is 2.15. The minimum Gasteiger partial charge on any atom is -0.369 e. The van der Waals surface area contributed by atoms with Crippen LogP contribution >= 0.6 is 0 Å². The Hall–Kier alpha value is -4.58. The zero-order valence-electron chi connectivity index (χ0n) is 20.5. The molecule has 4 heterocycles. The van der Waals surface area contributed by atoms with E-state index in [-0.39, 0.29) is 5.69 Å². The van der Waals surface area contributed by atoms with Crippen LogP contribution in [0.15, 0.2) is 61.2 Å². The first-order chi connectivity index (χ1) is 18.1. The molecule has 3 N–H and O–H groups in total. The summed E-state index contributed by atoms with van der Waals surface area (Å²) in [5.74, 6) is 1.75. The van der Waals surface area contributed by atoms with Crippen molar-refractivity contribution in [2.45, 2.75) is 0 Å². The van der Waals surface area contributed by atoms with Crippen LogP contribution in [0.3, 0.4) is 0 Å². The SMILES string of the molecule is CN1CCN(c2ccc(-c3nc(NCCNc4ccc([N+](=O)[O-])cn4)ncc3-c3ncc[nH]3)cc2)CC1. The zero-order valence-corrected chi connectivity index (χ0v) is 20.5. The molecule has 1 saturated heterocycles. The van der Waals surface area contributed by atoms with Crippen molar-refractivity contribution in [2.24, 2.45) is 0 Å². The number of nitrogens with one attached hydrogen (secondary N) is 3. The Balaban J connectivity index is 1.28. The molecule has 0 aliphatic carbocycles. The van der Waals surface area contributed by atoms with Crippen molar-refractivity contribution in [1.82, 2.24) is 29.8 Å². The minimum absolute atomic E-state index is 0.0437. The highest BCUT2D eigenvalue weighted by Crippen LogP contribution is 2.30. The summed E-state index contributed by atoms with van der Waals surface area (Å²) >= 11 is 0. The largest absolute Gasteiger partial charge is 0.369 e. The van der Waals surface area contributed by atoms with E-state index in [2.05, 4.69) is 71.7 Å². The standard InChI is InChI=1S/C25H28N10O2/c1-33-12-14-34(15-13-33)19-4-2-18(3-5-19)23-21(24-27-9-10-28-24)17-31-25(32-23)29-11-8-26-22-7-6-20(16-30-22)35(36)37/h2-7,9-10,16-17H,8,11-15H2,1H3,(H,26,30)(H,27,28)(H,29,31,32). The van der Waals surface area contributed by atoms with Gasteiger partial charge in [-0.15, -0.1) is 0 Å². The molecule has 12 heteroatoms. The van der Waals surface area contributed by atoms with Gasteiger partial charge in [-0.05, 0) is 25.2 Å². The van der Waals surface area contributed by atoms with E-state index in [0.717, 1.165) is 43.0 Å². The van der Waals surface area contributed by atoms with Gasteiger partial charge in [0, 0.05) is 75.2 Å². The Kier molecular flexibility index (Phi) is 7.17. The van der Waals surface area contributed by atoms with Crippen molar-refractivity contribution in [3.63, 3.8) is 0 Å². The fraction of sp³-hybridized carbons (Fsp3) is 0.280. The maximum atomic E-state index is 10.8. The van der Waals surface area contributed by atoms with Crippen LogP contribution in [0.4, 0.5) is 23.1 Å². The lowest BCUT2D eigenvalue weighted by Gasteiger charge is -2.34. The van der Waals surface area contributed by atoms with Gasteiger partial charge in [-0.25, -0.2) is 19.9 Å². The summed E-state index contributed by atoms with van der Waals surface area (Å²) in [5, 5.41) is 17.1. The van der Waals surface area contributed by atoms with E-state index in [1.807, 2.05) is 0 Å². The Morgan fingerprint density at radius 2 is 1.76 bits per heavy atom. The molecule has 1 aromatic carbocycles. The molecule has 4 aromatic rings. The molecular formula is C25H28N10O2. The van der Waals surface area contributed by atoms with Crippen LogP contribution in [0.5, 0.6) is 0 Å². The van der Waals surface area contributed by atoms with Gasteiger partial charge in [0.2, 0.25) is 5.95 Å². The molecule has 0 spiro atoms. The topological polar surface area (TPSA) is 141 Å². The average molecular weight is 501 g/mol. The predicted octanol–water partition coefficient (Wildman–Crippen LogP) is 3.11. The number of rotatable bonds is 9. The summed E-state index contributed by atoms with van der Waals surface area (Å²) in [6, 6.07) is 11.5. The second-order valence-electron chi connectivity index (χ2n) is 8.74. The van der Waals surface area contributed by atoms with Crippen molar-refractivity contribution in [3.05, 3.63) is 71.3 Å². The van der Waals surface area contributed by atoms with Crippen molar-refractivity contribution in [3.8, 4) is 22.6 Å². The Morgan fingerprint density at radius 3 is 2.43 bits per heavy atom. The van der Waals surface area contributed by atoms with E-state index in [1.165, 1.54) is 18.0 Å². The molecule has 0 bridgehead atoms. The molecule has 1 aliphatic rings. The van der Waals surface area contributed by atoms with Crippen LogP contribution < -0.4 is 15.5 Å². The number of aromatic amines is 1. The molecule has 1 aliphatic heterocycles. The van der Waals surface area contributed by atoms with Gasteiger partial charge in [-0.1, -0.05) is 12.1 Å². The molecule has 12 nitrogen and oxygen atoms in total. The lowest BCUT2D eigenvalue weighted by atomic mass is 10.1. The summed E-state index contributed by atoms with van der Waals surface area (Å²) in [5.41, 5.74) is 3.73. The number of hydrogen-bond acceptors (Lipinski definition) is 10. The van der Waals surface area contributed by atoms with Crippen LogP contribution in [0.1, 0.15) is 0 Å². The van der Waals surface area contributed by atoms with Crippen molar-refractivity contribution in [2.75, 3.05) is 61.8 Å². The van der Waals surface area contributed by atoms with Gasteiger partial charge in [0.25, 0.3) is 5.69 Å². The van der Waals surface area contributed by atoms with E-state index in [1.54, 1.807) is 24.7 Å². The van der Waals surface area contributed by atoms with Gasteiger partial charge in [-0.3, -0.25) is 10.1 Å². The molecule has 0 radical (unpaired) electrons. The molecule has 0 unspecified atom stereocenters. The Morgan fingerprint density at radius 1 is 0.973 bits per heavy atom. The predicted molar refractivity (Wildman–Crippen MR) is 143 cm³/mol. The smallest absolute Gasteiger partial charge is 0.287 e.